The average Bonchev–Trinajstić information content (AvgIpc) is 3.04. The Labute approximate surface area is 163 Å². The van der Waals surface area contributed by atoms with Crippen molar-refractivity contribution >= 4 is 17.7 Å². The fraction of sp³-hybridized carbons (Fsp3) is 0.438. The van der Waals surface area contributed by atoms with Crippen LogP contribution in [0.4, 0.5) is 13.2 Å². The number of nitrogen functional groups attached to an aromatic ring is 1. The average molecular weight is 419 g/mol. The van der Waals surface area contributed by atoms with Crippen molar-refractivity contribution in [3.05, 3.63) is 29.6 Å². The van der Waals surface area contributed by atoms with Gasteiger partial charge in [-0.25, -0.2) is 4.68 Å². The number of nitrogens with two attached hydrogens (primary N) is 1. The number of hydrogen-bond donors (Lipinski definition) is 1. The largest absolute Gasteiger partial charge is 0.493 e. The van der Waals surface area contributed by atoms with Crippen LogP contribution in [0, 0.1) is 0 Å². The number of carbonyl (C=O) groups is 1. The van der Waals surface area contributed by atoms with Crippen molar-refractivity contribution in [3.8, 4) is 11.5 Å². The minimum absolute atomic E-state index is 0.115. The SMILES string of the molecule is COc1ccc(CCN(C)C(=O)CSc2nnc(C(F)(F)F)n2N)cc1OC. The minimum atomic E-state index is -4.71. The Hall–Kier alpha value is -2.63. The van der Waals surface area contributed by atoms with Crippen LogP contribution in [0.5, 0.6) is 11.5 Å². The monoisotopic (exact) mass is 419 g/mol. The van der Waals surface area contributed by atoms with E-state index in [0.717, 1.165) is 17.3 Å². The summed E-state index contributed by atoms with van der Waals surface area (Å²) in [5, 5.41) is 6.20. The second kappa shape index (κ2) is 9.04. The normalized spacial score (nSPS) is 11.4. The highest BCUT2D eigenvalue weighted by molar-refractivity contribution is 7.99. The molecule has 0 aliphatic heterocycles. The van der Waals surface area contributed by atoms with Crippen LogP contribution in [-0.2, 0) is 17.4 Å². The molecule has 1 heterocycles. The van der Waals surface area contributed by atoms with Crippen molar-refractivity contribution in [2.24, 2.45) is 0 Å². The maximum Gasteiger partial charge on any atom is 0.453 e. The zero-order valence-electron chi connectivity index (χ0n) is 15.5. The number of ether oxygens (including phenoxy) is 2. The van der Waals surface area contributed by atoms with E-state index >= 15 is 0 Å². The number of halogens is 3. The molecule has 1 aromatic heterocycles. The molecule has 2 aromatic rings. The van der Waals surface area contributed by atoms with Crippen LogP contribution >= 0.6 is 11.8 Å². The predicted octanol–water partition coefficient (Wildman–Crippen LogP) is 1.82. The van der Waals surface area contributed by atoms with E-state index in [9.17, 15) is 18.0 Å². The molecule has 1 aromatic carbocycles. The molecular weight excluding hydrogens is 399 g/mol. The van der Waals surface area contributed by atoms with Crippen LogP contribution in [-0.4, -0.2) is 59.2 Å². The van der Waals surface area contributed by atoms with E-state index in [1.165, 1.54) is 12.0 Å². The molecule has 28 heavy (non-hydrogen) atoms. The van der Waals surface area contributed by atoms with Gasteiger partial charge in [0, 0.05) is 13.6 Å². The molecule has 0 radical (unpaired) electrons. The summed E-state index contributed by atoms with van der Waals surface area (Å²) in [5.74, 6) is 4.83. The van der Waals surface area contributed by atoms with Gasteiger partial charge >= 0.3 is 6.18 Å². The van der Waals surface area contributed by atoms with E-state index in [0.29, 0.717) is 29.1 Å². The van der Waals surface area contributed by atoms with E-state index in [1.54, 1.807) is 20.2 Å². The Morgan fingerprint density at radius 2 is 1.93 bits per heavy atom. The van der Waals surface area contributed by atoms with Crippen LogP contribution in [0.25, 0.3) is 0 Å². The van der Waals surface area contributed by atoms with Crippen molar-refractivity contribution in [2.75, 3.05) is 39.4 Å². The van der Waals surface area contributed by atoms with E-state index in [1.807, 2.05) is 12.1 Å². The number of likely N-dealkylation sites (N-methyl/N-ethyl adjacent to an activating group) is 1. The summed E-state index contributed by atoms with van der Waals surface area (Å²) in [6.45, 7) is 0.415. The number of rotatable bonds is 8. The molecule has 0 fully saturated rings. The first-order valence-electron chi connectivity index (χ1n) is 8.02. The molecule has 2 N–H and O–H groups in total. The van der Waals surface area contributed by atoms with Gasteiger partial charge in [-0.05, 0) is 24.1 Å². The number of nitrogens with zero attached hydrogens (tertiary/aromatic N) is 4. The highest BCUT2D eigenvalue weighted by atomic mass is 32.2. The number of carbonyl (C=O) groups excluding carboxylic acids is 1. The molecule has 0 aliphatic rings. The molecule has 12 heteroatoms. The first-order chi connectivity index (χ1) is 13.2. The van der Waals surface area contributed by atoms with Gasteiger partial charge in [0.1, 0.15) is 0 Å². The summed E-state index contributed by atoms with van der Waals surface area (Å²) in [6, 6.07) is 5.46. The number of aromatic nitrogens is 3. The molecule has 0 spiro atoms. The number of amides is 1. The maximum absolute atomic E-state index is 12.6. The molecule has 8 nitrogen and oxygen atoms in total. The summed E-state index contributed by atoms with van der Waals surface area (Å²) in [6.07, 6.45) is -4.14. The molecule has 1 amide bonds. The highest BCUT2D eigenvalue weighted by Crippen LogP contribution is 2.29. The summed E-state index contributed by atoms with van der Waals surface area (Å²) >= 11 is 0.790. The van der Waals surface area contributed by atoms with E-state index in [4.69, 9.17) is 15.3 Å². The van der Waals surface area contributed by atoms with Crippen molar-refractivity contribution < 1.29 is 27.4 Å². The lowest BCUT2D eigenvalue weighted by Gasteiger charge is -2.17. The van der Waals surface area contributed by atoms with Gasteiger partial charge in [-0.1, -0.05) is 17.8 Å². The molecule has 0 unspecified atom stereocenters. The summed E-state index contributed by atoms with van der Waals surface area (Å²) in [5.41, 5.74) is 0.946. The number of benzene rings is 1. The third-order valence-corrected chi connectivity index (χ3v) is 4.78. The van der Waals surface area contributed by atoms with Crippen LogP contribution in [0.15, 0.2) is 23.4 Å². The van der Waals surface area contributed by atoms with E-state index in [-0.39, 0.29) is 16.8 Å². The minimum Gasteiger partial charge on any atom is -0.493 e. The van der Waals surface area contributed by atoms with E-state index in [2.05, 4.69) is 10.2 Å². The zero-order valence-corrected chi connectivity index (χ0v) is 16.3. The van der Waals surface area contributed by atoms with Crippen molar-refractivity contribution in [1.82, 2.24) is 19.8 Å². The van der Waals surface area contributed by atoms with Gasteiger partial charge in [0.05, 0.1) is 20.0 Å². The number of methoxy groups -OCH3 is 2. The standard InChI is InChI=1S/C16H20F3N5O3S/c1-23(7-6-10-4-5-11(26-2)12(8-10)27-3)13(25)9-28-15-22-21-14(24(15)20)16(17,18)19/h4-5,8H,6-7,9,20H2,1-3H3. The smallest absolute Gasteiger partial charge is 0.453 e. The number of thioether (sulfide) groups is 1. The molecule has 0 saturated heterocycles. The first kappa shape index (κ1) is 21.7. The summed E-state index contributed by atoms with van der Waals surface area (Å²) in [7, 11) is 4.69. The molecule has 2 rings (SSSR count). The van der Waals surface area contributed by atoms with Gasteiger partial charge in [0.15, 0.2) is 11.5 Å². The fourth-order valence-corrected chi connectivity index (χ4v) is 3.06. The molecule has 0 bridgehead atoms. The Kier molecular flexibility index (Phi) is 7.00. The molecule has 154 valence electrons. The first-order valence-corrected chi connectivity index (χ1v) is 9.01. The van der Waals surface area contributed by atoms with Gasteiger partial charge in [0.25, 0.3) is 5.82 Å². The van der Waals surface area contributed by atoms with Gasteiger partial charge < -0.3 is 20.2 Å². The fourth-order valence-electron chi connectivity index (χ4n) is 2.26. The number of hydrogen-bond acceptors (Lipinski definition) is 7. The van der Waals surface area contributed by atoms with Crippen LogP contribution in [0.3, 0.4) is 0 Å². The van der Waals surface area contributed by atoms with Crippen LogP contribution in [0.1, 0.15) is 11.4 Å². The van der Waals surface area contributed by atoms with E-state index < -0.39 is 12.0 Å². The summed E-state index contributed by atoms with van der Waals surface area (Å²) in [4.78, 5) is 13.7. The zero-order chi connectivity index (χ0) is 20.9. The topological polar surface area (TPSA) is 95.5 Å². The predicted molar refractivity (Wildman–Crippen MR) is 96.8 cm³/mol. The Bertz CT molecular complexity index is 828. The van der Waals surface area contributed by atoms with Crippen LogP contribution in [0.2, 0.25) is 0 Å². The lowest BCUT2D eigenvalue weighted by molar-refractivity contribution is -0.146. The Balaban J connectivity index is 1.89. The lowest BCUT2D eigenvalue weighted by Crippen LogP contribution is -2.30. The quantitative estimate of drug-likeness (QED) is 0.515. The van der Waals surface area contributed by atoms with Gasteiger partial charge in [0.2, 0.25) is 11.1 Å². The second-order valence-electron chi connectivity index (χ2n) is 5.72. The Morgan fingerprint density at radius 1 is 1.25 bits per heavy atom. The lowest BCUT2D eigenvalue weighted by atomic mass is 10.1. The van der Waals surface area contributed by atoms with Crippen LogP contribution < -0.4 is 15.3 Å². The van der Waals surface area contributed by atoms with Crippen molar-refractivity contribution in [2.45, 2.75) is 17.8 Å². The van der Waals surface area contributed by atoms with Crippen molar-refractivity contribution in [1.29, 1.82) is 0 Å². The maximum atomic E-state index is 12.6. The molecule has 0 atom stereocenters. The third kappa shape index (κ3) is 5.21. The molecular formula is C16H20F3N5O3S. The van der Waals surface area contributed by atoms with Gasteiger partial charge in [-0.3, -0.25) is 4.79 Å². The summed E-state index contributed by atoms with van der Waals surface area (Å²) < 4.78 is 48.7. The van der Waals surface area contributed by atoms with Gasteiger partial charge in [-0.2, -0.15) is 13.2 Å². The van der Waals surface area contributed by atoms with Crippen molar-refractivity contribution in [3.63, 3.8) is 0 Å². The Morgan fingerprint density at radius 3 is 2.50 bits per heavy atom. The third-order valence-electron chi connectivity index (χ3n) is 3.85. The molecule has 0 aliphatic carbocycles. The number of alkyl halides is 3. The van der Waals surface area contributed by atoms with Gasteiger partial charge in [-0.15, -0.1) is 10.2 Å². The molecule has 0 saturated carbocycles. The second-order valence-corrected chi connectivity index (χ2v) is 6.66. The highest BCUT2D eigenvalue weighted by Gasteiger charge is 2.38.